The first-order valence-corrected chi connectivity index (χ1v) is 9.45. The molecule has 0 spiro atoms. The van der Waals surface area contributed by atoms with Crippen LogP contribution in [0.5, 0.6) is 0 Å². The molecule has 7 nitrogen and oxygen atoms in total. The van der Waals surface area contributed by atoms with E-state index in [1.807, 2.05) is 0 Å². The molecule has 0 saturated carbocycles. The van der Waals surface area contributed by atoms with Gasteiger partial charge in [-0.3, -0.25) is 4.90 Å². The lowest BCUT2D eigenvalue weighted by Crippen LogP contribution is -2.43. The van der Waals surface area contributed by atoms with Crippen LogP contribution in [0.15, 0.2) is 29.2 Å². The van der Waals surface area contributed by atoms with Gasteiger partial charge in [0.05, 0.1) is 18.1 Å². The van der Waals surface area contributed by atoms with Crippen LogP contribution in [0.4, 0.5) is 4.79 Å². The standard InChI is InChI=1S/C15H23N3O4S/c1-23(20,21)14-4-2-13(3-5-14)12-17-15(19)16-6-7-18-8-10-22-11-9-18/h2-5H,6-12H2,1H3,(H2,16,17,19). The molecular formula is C15H23N3O4S. The number of benzene rings is 1. The molecule has 0 aromatic heterocycles. The maximum absolute atomic E-state index is 11.7. The van der Waals surface area contributed by atoms with Gasteiger partial charge in [0.2, 0.25) is 0 Å². The summed E-state index contributed by atoms with van der Waals surface area (Å²) in [7, 11) is -3.19. The molecule has 2 rings (SSSR count). The first-order chi connectivity index (χ1) is 10.9. The van der Waals surface area contributed by atoms with Crippen molar-refractivity contribution in [2.45, 2.75) is 11.4 Å². The van der Waals surface area contributed by atoms with Crippen LogP contribution in [0, 0.1) is 0 Å². The molecular weight excluding hydrogens is 318 g/mol. The molecule has 1 aromatic carbocycles. The number of rotatable bonds is 6. The highest BCUT2D eigenvalue weighted by Gasteiger charge is 2.10. The topological polar surface area (TPSA) is 87.7 Å². The Hall–Kier alpha value is -1.64. The fourth-order valence-corrected chi connectivity index (χ4v) is 2.88. The van der Waals surface area contributed by atoms with Crippen molar-refractivity contribution in [3.05, 3.63) is 29.8 Å². The summed E-state index contributed by atoms with van der Waals surface area (Å²) >= 11 is 0. The summed E-state index contributed by atoms with van der Waals surface area (Å²) in [6.45, 7) is 5.03. The molecule has 0 radical (unpaired) electrons. The first kappa shape index (κ1) is 17.7. The highest BCUT2D eigenvalue weighted by Crippen LogP contribution is 2.10. The van der Waals surface area contributed by atoms with E-state index in [0.717, 1.165) is 38.4 Å². The van der Waals surface area contributed by atoms with Crippen molar-refractivity contribution in [2.75, 3.05) is 45.6 Å². The van der Waals surface area contributed by atoms with Gasteiger partial charge in [0.25, 0.3) is 0 Å². The van der Waals surface area contributed by atoms with E-state index < -0.39 is 9.84 Å². The van der Waals surface area contributed by atoms with Crippen LogP contribution in [-0.2, 0) is 21.1 Å². The van der Waals surface area contributed by atoms with E-state index in [1.165, 1.54) is 6.26 Å². The lowest BCUT2D eigenvalue weighted by molar-refractivity contribution is 0.0387. The summed E-state index contributed by atoms with van der Waals surface area (Å²) in [5, 5.41) is 5.56. The minimum atomic E-state index is -3.19. The fraction of sp³-hybridized carbons (Fsp3) is 0.533. The molecule has 23 heavy (non-hydrogen) atoms. The number of hydrogen-bond acceptors (Lipinski definition) is 5. The van der Waals surface area contributed by atoms with E-state index in [2.05, 4.69) is 15.5 Å². The zero-order chi connectivity index (χ0) is 16.7. The number of urea groups is 1. The van der Waals surface area contributed by atoms with Crippen LogP contribution in [0.25, 0.3) is 0 Å². The molecule has 0 atom stereocenters. The molecule has 2 amide bonds. The number of nitrogens with zero attached hydrogens (tertiary/aromatic N) is 1. The summed E-state index contributed by atoms with van der Waals surface area (Å²) < 4.78 is 28.0. The van der Waals surface area contributed by atoms with Crippen LogP contribution in [0.3, 0.4) is 0 Å². The Kier molecular flexibility index (Phi) is 6.37. The van der Waals surface area contributed by atoms with E-state index in [1.54, 1.807) is 24.3 Å². The van der Waals surface area contributed by atoms with E-state index in [9.17, 15) is 13.2 Å². The van der Waals surface area contributed by atoms with Crippen LogP contribution in [-0.4, -0.2) is 65.0 Å². The highest BCUT2D eigenvalue weighted by molar-refractivity contribution is 7.90. The van der Waals surface area contributed by atoms with Gasteiger partial charge in [0.1, 0.15) is 0 Å². The number of amides is 2. The van der Waals surface area contributed by atoms with Crippen LogP contribution in [0.2, 0.25) is 0 Å². The van der Waals surface area contributed by atoms with Crippen molar-refractivity contribution in [3.63, 3.8) is 0 Å². The van der Waals surface area contributed by atoms with Crippen LogP contribution >= 0.6 is 0 Å². The highest BCUT2D eigenvalue weighted by atomic mass is 32.2. The molecule has 1 saturated heterocycles. The molecule has 0 bridgehead atoms. The van der Waals surface area contributed by atoms with Gasteiger partial charge < -0.3 is 15.4 Å². The van der Waals surface area contributed by atoms with Gasteiger partial charge in [-0.25, -0.2) is 13.2 Å². The van der Waals surface area contributed by atoms with Gasteiger partial charge >= 0.3 is 6.03 Å². The summed E-state index contributed by atoms with van der Waals surface area (Å²) in [4.78, 5) is 14.2. The number of hydrogen-bond donors (Lipinski definition) is 2. The van der Waals surface area contributed by atoms with Gasteiger partial charge in [-0.05, 0) is 17.7 Å². The Morgan fingerprint density at radius 1 is 1.17 bits per heavy atom. The average molecular weight is 341 g/mol. The van der Waals surface area contributed by atoms with Gasteiger partial charge in [0, 0.05) is 39.0 Å². The second-order valence-corrected chi connectivity index (χ2v) is 7.50. The zero-order valence-electron chi connectivity index (χ0n) is 13.2. The number of morpholine rings is 1. The van der Waals surface area contributed by atoms with Crippen molar-refractivity contribution in [2.24, 2.45) is 0 Å². The molecule has 1 aliphatic heterocycles. The number of ether oxygens (including phenoxy) is 1. The molecule has 128 valence electrons. The largest absolute Gasteiger partial charge is 0.379 e. The van der Waals surface area contributed by atoms with Crippen molar-refractivity contribution < 1.29 is 17.9 Å². The number of carbonyl (C=O) groups excluding carboxylic acids is 1. The fourth-order valence-electron chi connectivity index (χ4n) is 2.25. The third-order valence-electron chi connectivity index (χ3n) is 3.62. The van der Waals surface area contributed by atoms with Crippen molar-refractivity contribution >= 4 is 15.9 Å². The van der Waals surface area contributed by atoms with Gasteiger partial charge in [0.15, 0.2) is 9.84 Å². The summed E-state index contributed by atoms with van der Waals surface area (Å²) in [6.07, 6.45) is 1.17. The third-order valence-corrected chi connectivity index (χ3v) is 4.75. The maximum Gasteiger partial charge on any atom is 0.315 e. The molecule has 0 aliphatic carbocycles. The van der Waals surface area contributed by atoms with E-state index >= 15 is 0 Å². The number of nitrogens with one attached hydrogen (secondary N) is 2. The Balaban J connectivity index is 1.67. The van der Waals surface area contributed by atoms with Crippen molar-refractivity contribution in [3.8, 4) is 0 Å². The quantitative estimate of drug-likeness (QED) is 0.773. The molecule has 1 aliphatic rings. The summed E-state index contributed by atoms with van der Waals surface area (Å²) in [5.41, 5.74) is 0.848. The molecule has 1 aromatic rings. The zero-order valence-corrected chi connectivity index (χ0v) is 14.1. The minimum Gasteiger partial charge on any atom is -0.379 e. The van der Waals surface area contributed by atoms with E-state index in [4.69, 9.17) is 4.74 Å². The lowest BCUT2D eigenvalue weighted by atomic mass is 10.2. The second-order valence-electron chi connectivity index (χ2n) is 5.48. The number of carbonyl (C=O) groups is 1. The molecule has 8 heteroatoms. The normalized spacial score (nSPS) is 16.0. The lowest BCUT2D eigenvalue weighted by Gasteiger charge is -2.26. The Morgan fingerprint density at radius 3 is 2.43 bits per heavy atom. The first-order valence-electron chi connectivity index (χ1n) is 7.56. The predicted molar refractivity (Wildman–Crippen MR) is 87.0 cm³/mol. The Labute approximate surface area is 136 Å². The smallest absolute Gasteiger partial charge is 0.315 e. The van der Waals surface area contributed by atoms with Crippen molar-refractivity contribution in [1.82, 2.24) is 15.5 Å². The third kappa shape index (κ3) is 6.17. The molecule has 1 fully saturated rings. The van der Waals surface area contributed by atoms with Gasteiger partial charge in [-0.1, -0.05) is 12.1 Å². The van der Waals surface area contributed by atoms with Gasteiger partial charge in [-0.15, -0.1) is 0 Å². The molecule has 1 heterocycles. The van der Waals surface area contributed by atoms with Gasteiger partial charge in [-0.2, -0.15) is 0 Å². The maximum atomic E-state index is 11.7. The van der Waals surface area contributed by atoms with E-state index in [0.29, 0.717) is 13.1 Å². The van der Waals surface area contributed by atoms with E-state index in [-0.39, 0.29) is 10.9 Å². The SMILES string of the molecule is CS(=O)(=O)c1ccc(CNC(=O)NCCN2CCOCC2)cc1. The van der Waals surface area contributed by atoms with Crippen LogP contribution < -0.4 is 10.6 Å². The van der Waals surface area contributed by atoms with Crippen molar-refractivity contribution in [1.29, 1.82) is 0 Å². The predicted octanol–water partition coefficient (Wildman–Crippen LogP) is 0.222. The Morgan fingerprint density at radius 2 is 1.83 bits per heavy atom. The second kappa shape index (κ2) is 8.28. The number of sulfone groups is 1. The summed E-state index contributed by atoms with van der Waals surface area (Å²) in [6, 6.07) is 6.26. The molecule has 0 unspecified atom stereocenters. The monoisotopic (exact) mass is 341 g/mol. The van der Waals surface area contributed by atoms with Crippen LogP contribution in [0.1, 0.15) is 5.56 Å². The summed E-state index contributed by atoms with van der Waals surface area (Å²) in [5.74, 6) is 0. The Bertz CT molecular complexity index is 610. The minimum absolute atomic E-state index is 0.231. The molecule has 2 N–H and O–H groups in total. The average Bonchev–Trinajstić information content (AvgIpc) is 2.53.